The van der Waals surface area contributed by atoms with E-state index >= 15 is 0 Å². The van der Waals surface area contributed by atoms with Gasteiger partial charge in [0.25, 0.3) is 0 Å². The molecule has 29 heavy (non-hydrogen) atoms. The lowest BCUT2D eigenvalue weighted by Crippen LogP contribution is -2.67. The second-order valence-electron chi connectivity index (χ2n) is 9.51. The van der Waals surface area contributed by atoms with Crippen LogP contribution < -0.4 is 5.32 Å². The normalized spacial score (nSPS) is 32.4. The largest absolute Gasteiger partial charge is 0.354 e. The standard InChI is InChI=1S/C23H32N4O2/c28-22-8-2-7-20-18-10-19(15-26(14-18)13-16-4-3-9-24-11-16)21(27(20)22)12-25-23(29)17-5-1-6-17/h3-4,9,11,17-21H,1-2,5-8,10,12-15H2,(H,25,29)/t18-,19+,20+,21+/m1/s1. The molecule has 6 heteroatoms. The fourth-order valence-corrected chi connectivity index (χ4v) is 6.03. The summed E-state index contributed by atoms with van der Waals surface area (Å²) in [6.07, 6.45) is 10.9. The lowest BCUT2D eigenvalue weighted by Gasteiger charge is -2.56. The van der Waals surface area contributed by atoms with Gasteiger partial charge in [0.05, 0.1) is 6.04 Å². The van der Waals surface area contributed by atoms with Crippen LogP contribution in [-0.2, 0) is 16.1 Å². The Bertz CT molecular complexity index is 751. The van der Waals surface area contributed by atoms with Crippen LogP contribution in [0.15, 0.2) is 24.5 Å². The van der Waals surface area contributed by atoms with Gasteiger partial charge in [0.2, 0.25) is 11.8 Å². The molecule has 4 fully saturated rings. The molecule has 1 aromatic rings. The van der Waals surface area contributed by atoms with E-state index in [0.717, 1.165) is 45.3 Å². The zero-order valence-corrected chi connectivity index (χ0v) is 17.1. The summed E-state index contributed by atoms with van der Waals surface area (Å²) < 4.78 is 0. The minimum atomic E-state index is 0.143. The molecule has 3 aliphatic heterocycles. The van der Waals surface area contributed by atoms with Crippen molar-refractivity contribution in [1.82, 2.24) is 20.1 Å². The number of hydrogen-bond acceptors (Lipinski definition) is 4. The predicted molar refractivity (Wildman–Crippen MR) is 110 cm³/mol. The fourth-order valence-electron chi connectivity index (χ4n) is 6.03. The highest BCUT2D eigenvalue weighted by Gasteiger charge is 2.49. The molecular weight excluding hydrogens is 364 g/mol. The lowest BCUT2D eigenvalue weighted by atomic mass is 9.72. The van der Waals surface area contributed by atoms with E-state index in [2.05, 4.69) is 26.2 Å². The molecular formula is C23H32N4O2. The number of fused-ring (bicyclic) bond motifs is 4. The van der Waals surface area contributed by atoms with E-state index in [0.29, 0.717) is 36.8 Å². The van der Waals surface area contributed by atoms with Gasteiger partial charge in [0.15, 0.2) is 0 Å². The highest BCUT2D eigenvalue weighted by atomic mass is 16.2. The predicted octanol–water partition coefficient (Wildman–Crippen LogP) is 2.20. The van der Waals surface area contributed by atoms with Gasteiger partial charge in [0.1, 0.15) is 0 Å². The number of aromatic nitrogens is 1. The molecule has 3 saturated heterocycles. The molecule has 1 aromatic heterocycles. The number of likely N-dealkylation sites (tertiary alicyclic amines) is 1. The van der Waals surface area contributed by atoms with Crippen molar-refractivity contribution in [3.63, 3.8) is 0 Å². The van der Waals surface area contributed by atoms with Crippen LogP contribution in [0, 0.1) is 17.8 Å². The average Bonchev–Trinajstić information content (AvgIpc) is 2.68. The first kappa shape index (κ1) is 19.0. The Kier molecular flexibility index (Phi) is 5.29. The second kappa shape index (κ2) is 8.05. The van der Waals surface area contributed by atoms with Gasteiger partial charge in [-0.1, -0.05) is 12.5 Å². The van der Waals surface area contributed by atoms with Crippen molar-refractivity contribution >= 4 is 11.8 Å². The summed E-state index contributed by atoms with van der Waals surface area (Å²) in [5.74, 6) is 1.69. The van der Waals surface area contributed by atoms with Gasteiger partial charge in [0, 0.05) is 57.0 Å². The Morgan fingerprint density at radius 1 is 1.17 bits per heavy atom. The second-order valence-corrected chi connectivity index (χ2v) is 9.51. The van der Waals surface area contributed by atoms with Crippen molar-refractivity contribution in [2.45, 2.75) is 63.6 Å². The van der Waals surface area contributed by atoms with E-state index in [1.165, 1.54) is 18.4 Å². The van der Waals surface area contributed by atoms with Crippen molar-refractivity contribution < 1.29 is 9.59 Å². The number of hydrogen-bond donors (Lipinski definition) is 1. The van der Waals surface area contributed by atoms with Gasteiger partial charge in [-0.15, -0.1) is 0 Å². The number of piperidine rings is 3. The van der Waals surface area contributed by atoms with Crippen molar-refractivity contribution in [2.75, 3.05) is 19.6 Å². The van der Waals surface area contributed by atoms with Crippen molar-refractivity contribution in [3.05, 3.63) is 30.1 Å². The minimum absolute atomic E-state index is 0.143. The SMILES string of the molecule is O=C(NC[C@H]1[C@H]2C[C@H](CN(Cc3cccnc3)C2)[C@@H]2CCCC(=O)N21)C1CCC1. The third kappa shape index (κ3) is 3.79. The molecule has 5 rings (SSSR count). The van der Waals surface area contributed by atoms with Crippen molar-refractivity contribution in [3.8, 4) is 0 Å². The molecule has 1 N–H and O–H groups in total. The molecule has 2 amide bonds. The maximum absolute atomic E-state index is 12.9. The van der Waals surface area contributed by atoms with Crippen LogP contribution in [0.4, 0.5) is 0 Å². The molecule has 1 aliphatic carbocycles. The van der Waals surface area contributed by atoms with Crippen LogP contribution in [0.25, 0.3) is 0 Å². The highest BCUT2D eigenvalue weighted by Crippen LogP contribution is 2.41. The first-order valence-electron chi connectivity index (χ1n) is 11.4. The third-order valence-electron chi connectivity index (χ3n) is 7.66. The zero-order chi connectivity index (χ0) is 19.8. The number of carbonyl (C=O) groups excluding carboxylic acids is 2. The van der Waals surface area contributed by atoms with Crippen LogP contribution >= 0.6 is 0 Å². The van der Waals surface area contributed by atoms with Crippen LogP contribution in [0.2, 0.25) is 0 Å². The van der Waals surface area contributed by atoms with E-state index in [-0.39, 0.29) is 17.9 Å². The Morgan fingerprint density at radius 3 is 2.79 bits per heavy atom. The van der Waals surface area contributed by atoms with Gasteiger partial charge in [-0.25, -0.2) is 0 Å². The summed E-state index contributed by atoms with van der Waals surface area (Å²) >= 11 is 0. The summed E-state index contributed by atoms with van der Waals surface area (Å²) in [4.78, 5) is 34.3. The molecule has 1 saturated carbocycles. The molecule has 2 bridgehead atoms. The zero-order valence-electron chi connectivity index (χ0n) is 17.1. The Labute approximate surface area is 173 Å². The van der Waals surface area contributed by atoms with Crippen LogP contribution in [0.5, 0.6) is 0 Å². The maximum Gasteiger partial charge on any atom is 0.223 e. The third-order valence-corrected chi connectivity index (χ3v) is 7.66. The van der Waals surface area contributed by atoms with Crippen LogP contribution in [0.1, 0.15) is 50.5 Å². The molecule has 4 atom stereocenters. The monoisotopic (exact) mass is 396 g/mol. The van der Waals surface area contributed by atoms with Gasteiger partial charge < -0.3 is 10.2 Å². The Morgan fingerprint density at radius 2 is 2.03 bits per heavy atom. The summed E-state index contributed by atoms with van der Waals surface area (Å²) in [7, 11) is 0. The topological polar surface area (TPSA) is 65.5 Å². The molecule has 0 aromatic carbocycles. The Balaban J connectivity index is 1.32. The van der Waals surface area contributed by atoms with E-state index in [1.807, 2.05) is 18.5 Å². The number of carbonyl (C=O) groups is 2. The fraction of sp³-hybridized carbons (Fsp3) is 0.696. The first-order valence-corrected chi connectivity index (χ1v) is 11.4. The summed E-state index contributed by atoms with van der Waals surface area (Å²) in [5.41, 5.74) is 1.25. The maximum atomic E-state index is 12.9. The van der Waals surface area contributed by atoms with Crippen molar-refractivity contribution in [2.24, 2.45) is 17.8 Å². The van der Waals surface area contributed by atoms with Crippen LogP contribution in [-0.4, -0.2) is 58.3 Å². The summed E-state index contributed by atoms with van der Waals surface area (Å²) in [6, 6.07) is 4.63. The first-order chi connectivity index (χ1) is 14.2. The quantitative estimate of drug-likeness (QED) is 0.829. The smallest absolute Gasteiger partial charge is 0.223 e. The van der Waals surface area contributed by atoms with Crippen molar-refractivity contribution in [1.29, 1.82) is 0 Å². The molecule has 4 heterocycles. The number of nitrogens with zero attached hydrogens (tertiary/aromatic N) is 3. The number of pyridine rings is 1. The molecule has 6 nitrogen and oxygen atoms in total. The highest BCUT2D eigenvalue weighted by molar-refractivity contribution is 5.80. The summed E-state index contributed by atoms with van der Waals surface area (Å²) in [5, 5.41) is 3.21. The summed E-state index contributed by atoms with van der Waals surface area (Å²) in [6.45, 7) is 3.59. The number of rotatable bonds is 5. The lowest BCUT2D eigenvalue weighted by molar-refractivity contribution is -0.153. The Hall–Kier alpha value is -1.95. The van der Waals surface area contributed by atoms with E-state index < -0.39 is 0 Å². The number of amides is 2. The van der Waals surface area contributed by atoms with Gasteiger partial charge >= 0.3 is 0 Å². The molecule has 156 valence electrons. The average molecular weight is 397 g/mol. The minimum Gasteiger partial charge on any atom is -0.354 e. The van der Waals surface area contributed by atoms with Gasteiger partial charge in [-0.2, -0.15) is 0 Å². The number of nitrogens with one attached hydrogen (secondary N) is 1. The van der Waals surface area contributed by atoms with E-state index in [9.17, 15) is 9.59 Å². The van der Waals surface area contributed by atoms with Crippen LogP contribution in [0.3, 0.4) is 0 Å². The molecule has 0 unspecified atom stereocenters. The van der Waals surface area contributed by atoms with E-state index in [4.69, 9.17) is 0 Å². The van der Waals surface area contributed by atoms with E-state index in [1.54, 1.807) is 0 Å². The van der Waals surface area contributed by atoms with Gasteiger partial charge in [-0.3, -0.25) is 19.5 Å². The molecule has 4 aliphatic rings. The molecule has 0 radical (unpaired) electrons. The van der Waals surface area contributed by atoms with Gasteiger partial charge in [-0.05, 0) is 55.6 Å². The molecule has 0 spiro atoms.